The molecule has 2 unspecified atom stereocenters. The molecule has 1 saturated heterocycles. The fourth-order valence-electron chi connectivity index (χ4n) is 6.47. The van der Waals surface area contributed by atoms with Crippen LogP contribution in [0.2, 0.25) is 0 Å². The van der Waals surface area contributed by atoms with Crippen molar-refractivity contribution in [3.8, 4) is 17.3 Å². The van der Waals surface area contributed by atoms with Crippen LogP contribution in [0.3, 0.4) is 0 Å². The number of rotatable bonds is 8. The van der Waals surface area contributed by atoms with Gasteiger partial charge in [-0.15, -0.1) is 0 Å². The molecular formula is C29H33F2N7O4S. The molecule has 0 spiro atoms. The van der Waals surface area contributed by atoms with Gasteiger partial charge in [0.15, 0.2) is 5.88 Å². The number of piperidine rings is 1. The van der Waals surface area contributed by atoms with Crippen LogP contribution in [-0.4, -0.2) is 76.7 Å². The first kappa shape index (κ1) is 28.0. The number of hydrogen-bond acceptors (Lipinski definition) is 7. The summed E-state index contributed by atoms with van der Waals surface area (Å²) in [6.07, 6.45) is 4.62. The van der Waals surface area contributed by atoms with Crippen LogP contribution in [0, 0.1) is 18.8 Å². The Kier molecular flexibility index (Phi) is 6.26. The van der Waals surface area contributed by atoms with Gasteiger partial charge in [0.1, 0.15) is 22.8 Å². The van der Waals surface area contributed by atoms with Gasteiger partial charge in [0.25, 0.3) is 5.91 Å². The summed E-state index contributed by atoms with van der Waals surface area (Å²) in [6.45, 7) is 0.389. The van der Waals surface area contributed by atoms with Crippen LogP contribution < -0.4 is 14.8 Å². The lowest BCUT2D eigenvalue weighted by Crippen LogP contribution is -2.48. The van der Waals surface area contributed by atoms with Gasteiger partial charge in [0.05, 0.1) is 24.8 Å². The molecule has 2 saturated carbocycles. The Hall–Kier alpha value is -3.78. The maximum Gasteiger partial charge on any atom is 0.329 e. The van der Waals surface area contributed by atoms with Crippen LogP contribution in [-0.2, 0) is 16.6 Å². The maximum atomic E-state index is 13.8. The standard InChI is InChI=1S/C29H33F2N7O4S/c1-16-25(33-23-11-19(12-24(42-2)37(16)23)27(39)35-9-8-20-13-29(20,32)15-35)21-10-18-6-7-22(38(28(30)31)43(3,40)41)34-26(18)36(21)14-17-4-5-17/h6-7,10-12,17,20,28H,4-5,8-9,13-15,32H2,1-3H3. The maximum absolute atomic E-state index is 13.8. The Morgan fingerprint density at radius 3 is 2.63 bits per heavy atom. The molecule has 2 aliphatic carbocycles. The molecule has 0 aromatic carbocycles. The van der Waals surface area contributed by atoms with Gasteiger partial charge in [-0.05, 0) is 68.7 Å². The number of aryl methyl sites for hydroxylation is 1. The number of anilines is 1. The highest BCUT2D eigenvalue weighted by Crippen LogP contribution is 2.47. The number of nitrogens with zero attached hydrogens (tertiary/aromatic N) is 6. The van der Waals surface area contributed by atoms with E-state index in [4.69, 9.17) is 15.5 Å². The van der Waals surface area contributed by atoms with Gasteiger partial charge < -0.3 is 19.9 Å². The van der Waals surface area contributed by atoms with E-state index >= 15 is 0 Å². The largest absolute Gasteiger partial charge is 0.482 e. The van der Waals surface area contributed by atoms with Crippen molar-refractivity contribution < 1.29 is 26.7 Å². The van der Waals surface area contributed by atoms with Crippen molar-refractivity contribution in [2.75, 3.05) is 30.8 Å². The van der Waals surface area contributed by atoms with E-state index < -0.39 is 16.6 Å². The Balaban J connectivity index is 1.34. The molecule has 5 heterocycles. The number of methoxy groups -OCH3 is 1. The predicted octanol–water partition coefficient (Wildman–Crippen LogP) is 3.63. The van der Waals surface area contributed by atoms with E-state index in [2.05, 4.69) is 4.98 Å². The number of ether oxygens (including phenoxy) is 1. The summed E-state index contributed by atoms with van der Waals surface area (Å²) in [5.74, 6) is 0.860. The topological polar surface area (TPSA) is 128 Å². The van der Waals surface area contributed by atoms with Crippen LogP contribution in [0.25, 0.3) is 28.1 Å². The van der Waals surface area contributed by atoms with Crippen LogP contribution in [0.4, 0.5) is 14.6 Å². The zero-order valence-electron chi connectivity index (χ0n) is 24.1. The van der Waals surface area contributed by atoms with Crippen molar-refractivity contribution >= 4 is 38.4 Å². The second kappa shape index (κ2) is 9.61. The van der Waals surface area contributed by atoms with E-state index in [0.717, 1.165) is 37.6 Å². The number of halogens is 2. The van der Waals surface area contributed by atoms with Crippen molar-refractivity contribution in [1.29, 1.82) is 0 Å². The summed E-state index contributed by atoms with van der Waals surface area (Å²) in [5, 5.41) is 0.667. The number of carbonyl (C=O) groups is 1. The third-order valence-corrected chi connectivity index (χ3v) is 10.1. The average molecular weight is 614 g/mol. The molecule has 2 N–H and O–H groups in total. The fraction of sp³-hybridized carbons (Fsp3) is 0.483. The lowest BCUT2D eigenvalue weighted by molar-refractivity contribution is 0.0702. The van der Waals surface area contributed by atoms with Crippen LogP contribution in [0.5, 0.6) is 5.88 Å². The number of fused-ring (bicyclic) bond motifs is 3. The first-order chi connectivity index (χ1) is 20.4. The first-order valence-corrected chi connectivity index (χ1v) is 16.2. The molecule has 1 amide bonds. The number of hydrogen-bond donors (Lipinski definition) is 1. The van der Waals surface area contributed by atoms with Crippen LogP contribution in [0.1, 0.15) is 41.7 Å². The van der Waals surface area contributed by atoms with Crippen molar-refractivity contribution in [1.82, 2.24) is 23.8 Å². The number of imidazole rings is 1. The Morgan fingerprint density at radius 1 is 1.21 bits per heavy atom. The summed E-state index contributed by atoms with van der Waals surface area (Å²) in [4.78, 5) is 24.7. The minimum Gasteiger partial charge on any atom is -0.482 e. The van der Waals surface area contributed by atoms with Gasteiger partial charge in [-0.25, -0.2) is 18.4 Å². The van der Waals surface area contributed by atoms with Gasteiger partial charge in [0, 0.05) is 42.2 Å². The van der Waals surface area contributed by atoms with E-state index in [1.165, 1.54) is 6.07 Å². The summed E-state index contributed by atoms with van der Waals surface area (Å²) in [6, 6.07) is 8.23. The monoisotopic (exact) mass is 613 g/mol. The molecule has 14 heteroatoms. The number of likely N-dealkylation sites (tertiary alicyclic amines) is 1. The van der Waals surface area contributed by atoms with Crippen molar-refractivity contribution in [2.24, 2.45) is 17.6 Å². The van der Waals surface area contributed by atoms with E-state index in [-0.39, 0.29) is 21.6 Å². The lowest BCUT2D eigenvalue weighted by Gasteiger charge is -2.30. The molecule has 3 aliphatic rings. The van der Waals surface area contributed by atoms with Gasteiger partial charge in [-0.2, -0.15) is 13.1 Å². The number of aromatic nitrogens is 4. The van der Waals surface area contributed by atoms with E-state index in [9.17, 15) is 22.0 Å². The summed E-state index contributed by atoms with van der Waals surface area (Å²) >= 11 is 0. The molecule has 228 valence electrons. The SMILES string of the molecule is COc1cc(C(=O)N2CCC3CC3(N)C2)cc2nc(-c3cc4ccc(N(C(F)F)S(C)(=O)=O)nc4n3CC3CC3)c(C)n12. The number of carbonyl (C=O) groups excluding carboxylic acids is 1. The minimum atomic E-state index is -4.27. The highest BCUT2D eigenvalue weighted by Gasteiger charge is 2.54. The van der Waals surface area contributed by atoms with Crippen molar-refractivity contribution in [2.45, 2.75) is 51.2 Å². The van der Waals surface area contributed by atoms with Crippen molar-refractivity contribution in [3.63, 3.8) is 0 Å². The first-order valence-electron chi connectivity index (χ1n) is 14.3. The number of alkyl halides is 2. The van der Waals surface area contributed by atoms with Crippen LogP contribution >= 0.6 is 0 Å². The molecule has 4 aromatic heterocycles. The second-order valence-corrected chi connectivity index (χ2v) is 14.0. The molecule has 4 aromatic rings. The highest BCUT2D eigenvalue weighted by atomic mass is 32.2. The molecule has 11 nitrogen and oxygen atoms in total. The van der Waals surface area contributed by atoms with E-state index in [1.54, 1.807) is 30.2 Å². The molecule has 43 heavy (non-hydrogen) atoms. The minimum absolute atomic E-state index is 0.0261. The normalized spacial score (nSPS) is 21.9. The molecular weight excluding hydrogens is 580 g/mol. The predicted molar refractivity (Wildman–Crippen MR) is 157 cm³/mol. The van der Waals surface area contributed by atoms with Crippen LogP contribution in [0.15, 0.2) is 30.3 Å². The number of sulfonamides is 1. The third kappa shape index (κ3) is 4.71. The average Bonchev–Trinajstić information content (AvgIpc) is 3.83. The zero-order valence-corrected chi connectivity index (χ0v) is 24.9. The quantitative estimate of drug-likeness (QED) is 0.301. The fourth-order valence-corrected chi connectivity index (χ4v) is 7.20. The smallest absolute Gasteiger partial charge is 0.329 e. The molecule has 3 fully saturated rings. The van der Waals surface area contributed by atoms with E-state index in [0.29, 0.717) is 71.0 Å². The third-order valence-electron chi connectivity index (χ3n) is 9.04. The van der Waals surface area contributed by atoms with Gasteiger partial charge in [0.2, 0.25) is 10.0 Å². The second-order valence-electron chi connectivity index (χ2n) is 12.2. The molecule has 2 atom stereocenters. The molecule has 1 aliphatic heterocycles. The molecule has 0 bridgehead atoms. The van der Waals surface area contributed by atoms with E-state index in [1.807, 2.05) is 22.0 Å². The Bertz CT molecular complexity index is 1900. The number of pyridine rings is 2. The Labute approximate surface area is 247 Å². The summed E-state index contributed by atoms with van der Waals surface area (Å²) in [7, 11) is -2.73. The number of amides is 1. The Morgan fingerprint density at radius 2 is 1.98 bits per heavy atom. The van der Waals surface area contributed by atoms with Gasteiger partial charge in [-0.1, -0.05) is 0 Å². The zero-order chi connectivity index (χ0) is 30.4. The lowest BCUT2D eigenvalue weighted by atomic mass is 10.1. The summed E-state index contributed by atoms with van der Waals surface area (Å²) in [5.41, 5.74) is 9.62. The van der Waals surface area contributed by atoms with Gasteiger partial charge >= 0.3 is 6.55 Å². The highest BCUT2D eigenvalue weighted by molar-refractivity contribution is 7.92. The molecule has 0 radical (unpaired) electrons. The van der Waals surface area contributed by atoms with Gasteiger partial charge in [-0.3, -0.25) is 9.20 Å². The summed E-state index contributed by atoms with van der Waals surface area (Å²) < 4.78 is 61.4. The molecule has 7 rings (SSSR count). The number of nitrogens with two attached hydrogens (primary N) is 1. The van der Waals surface area contributed by atoms with Crippen molar-refractivity contribution in [3.05, 3.63) is 41.6 Å².